The van der Waals surface area contributed by atoms with E-state index in [9.17, 15) is 9.90 Å². The minimum absolute atomic E-state index is 0.0119. The summed E-state index contributed by atoms with van der Waals surface area (Å²) in [7, 11) is 0. The van der Waals surface area contributed by atoms with Crippen LogP contribution in [0.5, 0.6) is 0 Å². The van der Waals surface area contributed by atoms with E-state index in [-0.39, 0.29) is 24.0 Å². The molecule has 3 rings (SSSR count). The van der Waals surface area contributed by atoms with Crippen LogP contribution in [0, 0.1) is 5.92 Å². The number of rotatable bonds is 6. The van der Waals surface area contributed by atoms with Gasteiger partial charge in [0.05, 0.1) is 45.0 Å². The minimum Gasteiger partial charge on any atom is -0.393 e. The average Bonchev–Trinajstić information content (AvgIpc) is 3.05. The largest absolute Gasteiger partial charge is 0.393 e. The molecule has 0 aromatic heterocycles. The number of carbonyl (C=O) groups excluding carboxylic acids is 1. The molecular weight excluding hydrogens is 306 g/mol. The highest BCUT2D eigenvalue weighted by molar-refractivity contribution is 5.76. The Morgan fingerprint density at radius 3 is 2.88 bits per heavy atom. The van der Waals surface area contributed by atoms with E-state index in [0.717, 1.165) is 24.8 Å². The Morgan fingerprint density at radius 2 is 2.12 bits per heavy atom. The summed E-state index contributed by atoms with van der Waals surface area (Å²) in [6, 6.07) is 9.98. The summed E-state index contributed by atoms with van der Waals surface area (Å²) in [5.41, 5.74) is 1.11. The van der Waals surface area contributed by atoms with Crippen LogP contribution in [-0.4, -0.2) is 54.4 Å². The molecule has 1 saturated heterocycles. The fraction of sp³-hybridized carbons (Fsp3) is 0.632. The Kier molecular flexibility index (Phi) is 6.24. The molecule has 5 nitrogen and oxygen atoms in total. The molecule has 0 unspecified atom stereocenters. The van der Waals surface area contributed by atoms with Crippen molar-refractivity contribution >= 4 is 5.91 Å². The van der Waals surface area contributed by atoms with Crippen molar-refractivity contribution in [1.82, 2.24) is 4.90 Å². The van der Waals surface area contributed by atoms with Crippen LogP contribution in [0.3, 0.4) is 0 Å². The lowest BCUT2D eigenvalue weighted by Crippen LogP contribution is -2.53. The van der Waals surface area contributed by atoms with Crippen molar-refractivity contribution in [3.05, 3.63) is 35.9 Å². The zero-order valence-electron chi connectivity index (χ0n) is 14.1. The van der Waals surface area contributed by atoms with Crippen molar-refractivity contribution < 1.29 is 19.4 Å². The smallest absolute Gasteiger partial charge is 0.225 e. The highest BCUT2D eigenvalue weighted by Gasteiger charge is 2.39. The van der Waals surface area contributed by atoms with Crippen molar-refractivity contribution in [1.29, 1.82) is 0 Å². The molecule has 3 atom stereocenters. The van der Waals surface area contributed by atoms with Gasteiger partial charge in [-0.25, -0.2) is 0 Å². The van der Waals surface area contributed by atoms with Crippen LogP contribution in [0.1, 0.15) is 31.2 Å². The number of ether oxygens (including phenoxy) is 2. The van der Waals surface area contributed by atoms with E-state index < -0.39 is 0 Å². The number of aliphatic hydroxyl groups is 1. The maximum Gasteiger partial charge on any atom is 0.225 e. The number of nitrogens with zero attached hydrogens (tertiary/aromatic N) is 1. The van der Waals surface area contributed by atoms with E-state index in [1.807, 2.05) is 35.2 Å². The Balaban J connectivity index is 1.47. The van der Waals surface area contributed by atoms with Gasteiger partial charge in [-0.15, -0.1) is 0 Å². The molecule has 1 amide bonds. The van der Waals surface area contributed by atoms with Gasteiger partial charge in [0, 0.05) is 12.5 Å². The predicted molar refractivity (Wildman–Crippen MR) is 90.4 cm³/mol. The number of hydrogen-bond donors (Lipinski definition) is 1. The van der Waals surface area contributed by atoms with Crippen LogP contribution in [0.25, 0.3) is 0 Å². The van der Waals surface area contributed by atoms with Crippen molar-refractivity contribution in [3.8, 4) is 0 Å². The van der Waals surface area contributed by atoms with Gasteiger partial charge in [0.2, 0.25) is 5.91 Å². The molecule has 5 heteroatoms. The first-order valence-corrected chi connectivity index (χ1v) is 8.92. The number of aliphatic hydroxyl groups excluding tert-OH is 1. The Labute approximate surface area is 143 Å². The second kappa shape index (κ2) is 8.60. The fourth-order valence-electron chi connectivity index (χ4n) is 3.77. The van der Waals surface area contributed by atoms with Gasteiger partial charge < -0.3 is 19.5 Å². The van der Waals surface area contributed by atoms with E-state index in [4.69, 9.17) is 9.47 Å². The lowest BCUT2D eigenvalue weighted by atomic mass is 9.94. The van der Waals surface area contributed by atoms with Crippen LogP contribution in [0.15, 0.2) is 30.3 Å². The van der Waals surface area contributed by atoms with Gasteiger partial charge in [0.15, 0.2) is 0 Å². The minimum atomic E-state index is -0.304. The number of hydrogen-bond acceptors (Lipinski definition) is 4. The molecule has 0 radical (unpaired) electrons. The first kappa shape index (κ1) is 17.4. The molecule has 0 spiro atoms. The molecule has 1 aliphatic heterocycles. The molecule has 2 fully saturated rings. The SMILES string of the molecule is O=C(CCOCc1ccccc1)N1CCOC[C@@H]1[C@@H]1CCC[C@@H]1O. The van der Waals surface area contributed by atoms with E-state index in [1.54, 1.807) is 0 Å². The number of carbonyl (C=O) groups is 1. The zero-order valence-corrected chi connectivity index (χ0v) is 14.1. The quantitative estimate of drug-likeness (QED) is 0.809. The number of morpholine rings is 1. The van der Waals surface area contributed by atoms with Crippen molar-refractivity contribution in [2.45, 2.75) is 44.4 Å². The third-order valence-electron chi connectivity index (χ3n) is 5.08. The monoisotopic (exact) mass is 333 g/mol. The van der Waals surface area contributed by atoms with Crippen LogP contribution >= 0.6 is 0 Å². The maximum absolute atomic E-state index is 12.6. The van der Waals surface area contributed by atoms with Gasteiger partial charge in [-0.05, 0) is 18.4 Å². The van der Waals surface area contributed by atoms with Crippen molar-refractivity contribution in [3.63, 3.8) is 0 Å². The summed E-state index contributed by atoms with van der Waals surface area (Å²) in [6.45, 7) is 2.69. The van der Waals surface area contributed by atoms with E-state index in [0.29, 0.717) is 39.4 Å². The molecule has 2 aliphatic rings. The molecule has 1 heterocycles. The van der Waals surface area contributed by atoms with Gasteiger partial charge in [-0.1, -0.05) is 36.8 Å². The molecule has 24 heavy (non-hydrogen) atoms. The van der Waals surface area contributed by atoms with Crippen LogP contribution in [0.2, 0.25) is 0 Å². The van der Waals surface area contributed by atoms with Crippen LogP contribution in [0.4, 0.5) is 0 Å². The van der Waals surface area contributed by atoms with Crippen LogP contribution < -0.4 is 0 Å². The van der Waals surface area contributed by atoms with Gasteiger partial charge in [0.1, 0.15) is 0 Å². The van der Waals surface area contributed by atoms with Gasteiger partial charge in [-0.2, -0.15) is 0 Å². The molecule has 0 bridgehead atoms. The number of benzene rings is 1. The molecule has 1 aliphatic carbocycles. The summed E-state index contributed by atoms with van der Waals surface area (Å²) in [5, 5.41) is 10.2. The van der Waals surface area contributed by atoms with E-state index in [1.165, 1.54) is 0 Å². The standard InChI is InChI=1S/C19H27NO4/c21-18-8-4-7-16(18)17-14-24-12-10-20(17)19(22)9-11-23-13-15-5-2-1-3-6-15/h1-3,5-6,16-18,21H,4,7-14H2/t16-,17+,18-/m0/s1. The Morgan fingerprint density at radius 1 is 1.29 bits per heavy atom. The highest BCUT2D eigenvalue weighted by Crippen LogP contribution is 2.32. The summed E-state index contributed by atoms with van der Waals surface area (Å²) in [4.78, 5) is 14.5. The average molecular weight is 333 g/mol. The van der Waals surface area contributed by atoms with Gasteiger partial charge in [0.25, 0.3) is 0 Å². The Bertz CT molecular complexity index is 521. The zero-order chi connectivity index (χ0) is 16.8. The van der Waals surface area contributed by atoms with E-state index in [2.05, 4.69) is 0 Å². The first-order valence-electron chi connectivity index (χ1n) is 8.92. The van der Waals surface area contributed by atoms with Crippen LogP contribution in [-0.2, 0) is 20.9 Å². The van der Waals surface area contributed by atoms with Crippen molar-refractivity contribution in [2.24, 2.45) is 5.92 Å². The summed E-state index contributed by atoms with van der Waals surface area (Å²) >= 11 is 0. The third-order valence-corrected chi connectivity index (χ3v) is 5.08. The summed E-state index contributed by atoms with van der Waals surface area (Å²) in [6.07, 6.45) is 2.92. The second-order valence-corrected chi connectivity index (χ2v) is 6.68. The lowest BCUT2D eigenvalue weighted by Gasteiger charge is -2.40. The molecule has 1 aromatic rings. The predicted octanol–water partition coefficient (Wildman–Crippen LogP) is 1.98. The molecular formula is C19H27NO4. The van der Waals surface area contributed by atoms with Crippen molar-refractivity contribution in [2.75, 3.05) is 26.4 Å². The molecule has 132 valence electrons. The lowest BCUT2D eigenvalue weighted by molar-refractivity contribution is -0.145. The van der Waals surface area contributed by atoms with Gasteiger partial charge >= 0.3 is 0 Å². The van der Waals surface area contributed by atoms with E-state index >= 15 is 0 Å². The fourth-order valence-corrected chi connectivity index (χ4v) is 3.77. The maximum atomic E-state index is 12.6. The Hall–Kier alpha value is -1.43. The molecule has 1 N–H and O–H groups in total. The molecule has 1 aromatic carbocycles. The second-order valence-electron chi connectivity index (χ2n) is 6.68. The summed E-state index contributed by atoms with van der Waals surface area (Å²) in [5.74, 6) is 0.259. The first-order chi connectivity index (χ1) is 11.8. The topological polar surface area (TPSA) is 59.0 Å². The molecule has 1 saturated carbocycles. The third kappa shape index (κ3) is 4.35. The summed E-state index contributed by atoms with van der Waals surface area (Å²) < 4.78 is 11.2. The number of amides is 1. The highest BCUT2D eigenvalue weighted by atomic mass is 16.5. The normalized spacial score (nSPS) is 27.4. The van der Waals surface area contributed by atoms with Gasteiger partial charge in [-0.3, -0.25) is 4.79 Å².